The van der Waals surface area contributed by atoms with Gasteiger partial charge in [-0.2, -0.15) is 0 Å². The van der Waals surface area contributed by atoms with Crippen LogP contribution in [0.2, 0.25) is 0 Å². The third-order valence-corrected chi connectivity index (χ3v) is 2.99. The Morgan fingerprint density at radius 2 is 1.70 bits per heavy atom. The number of aliphatic hydroxyl groups is 1. The maximum absolute atomic E-state index is 12.3. The molecule has 1 rings (SSSR count). The maximum atomic E-state index is 12.3. The zero-order chi connectivity index (χ0) is 20.8. The first-order valence-corrected chi connectivity index (χ1v) is 8.02. The third kappa shape index (κ3) is 8.16. The smallest absolute Gasteiger partial charge is 0.464 e. The third-order valence-electron chi connectivity index (χ3n) is 2.99. The summed E-state index contributed by atoms with van der Waals surface area (Å²) < 4.78 is 50.3. The van der Waals surface area contributed by atoms with E-state index in [1.165, 1.54) is 19.1 Å². The van der Waals surface area contributed by atoms with E-state index in [4.69, 9.17) is 9.47 Å². The molecule has 0 unspecified atom stereocenters. The van der Waals surface area contributed by atoms with Gasteiger partial charge in [0, 0.05) is 0 Å². The molecule has 0 aliphatic heterocycles. The lowest BCUT2D eigenvalue weighted by Crippen LogP contribution is -2.43. The lowest BCUT2D eigenvalue weighted by atomic mass is 10.0. The van der Waals surface area contributed by atoms with Crippen LogP contribution in [0.1, 0.15) is 39.3 Å². The van der Waals surface area contributed by atoms with Gasteiger partial charge >= 0.3 is 18.4 Å². The fourth-order valence-corrected chi connectivity index (χ4v) is 2.02. The van der Waals surface area contributed by atoms with Crippen LogP contribution in [0, 0.1) is 0 Å². The highest BCUT2D eigenvalue weighted by Crippen LogP contribution is 2.26. The number of carbonyl (C=O) groups excluding carboxylic acids is 2. The van der Waals surface area contributed by atoms with Crippen molar-refractivity contribution in [3.05, 3.63) is 29.8 Å². The number of ether oxygens (including phenoxy) is 3. The molecule has 0 radical (unpaired) electrons. The Kier molecular flexibility index (Phi) is 7.46. The van der Waals surface area contributed by atoms with Crippen molar-refractivity contribution < 1.29 is 42.1 Å². The van der Waals surface area contributed by atoms with Gasteiger partial charge in [-0.1, -0.05) is 12.1 Å². The number of hydrogen-bond acceptors (Lipinski definition) is 6. The molecular weight excluding hydrogens is 371 g/mol. The number of aliphatic hydroxyl groups excluding tert-OH is 1. The van der Waals surface area contributed by atoms with Crippen LogP contribution < -0.4 is 10.1 Å². The standard InChI is InChI=1S/C17H22F3NO6/c1-5-25-14(23)13(22)12(21-15(24)27-16(2,3)4)10-6-8-11(9-7-10)26-17(18,19)20/h6-9,12-13,22H,5H2,1-4H3,(H,21,24)/t12-,13+/m0/s1. The number of alkyl carbamates (subject to hydrolysis) is 1. The number of amides is 1. The van der Waals surface area contributed by atoms with Crippen LogP contribution in [0.15, 0.2) is 24.3 Å². The van der Waals surface area contributed by atoms with Gasteiger partial charge in [-0.25, -0.2) is 9.59 Å². The Morgan fingerprint density at radius 3 is 2.15 bits per heavy atom. The van der Waals surface area contributed by atoms with Crippen molar-refractivity contribution in [2.24, 2.45) is 0 Å². The van der Waals surface area contributed by atoms with Crippen LogP contribution in [0.5, 0.6) is 5.75 Å². The van der Waals surface area contributed by atoms with Gasteiger partial charge in [-0.15, -0.1) is 13.2 Å². The molecule has 0 heterocycles. The normalized spacial score (nSPS) is 14.1. The highest BCUT2D eigenvalue weighted by molar-refractivity contribution is 5.77. The lowest BCUT2D eigenvalue weighted by Gasteiger charge is -2.26. The minimum atomic E-state index is -4.86. The van der Waals surface area contributed by atoms with Crippen molar-refractivity contribution in [2.45, 2.75) is 51.8 Å². The van der Waals surface area contributed by atoms with E-state index in [2.05, 4.69) is 10.1 Å². The van der Waals surface area contributed by atoms with Crippen molar-refractivity contribution in [1.82, 2.24) is 5.32 Å². The van der Waals surface area contributed by atoms with Crippen LogP contribution >= 0.6 is 0 Å². The van der Waals surface area contributed by atoms with Crippen molar-refractivity contribution >= 4 is 12.1 Å². The molecule has 1 amide bonds. The highest BCUT2D eigenvalue weighted by Gasteiger charge is 2.33. The molecule has 27 heavy (non-hydrogen) atoms. The molecule has 0 saturated carbocycles. The molecule has 0 saturated heterocycles. The van der Waals surface area contributed by atoms with E-state index >= 15 is 0 Å². The number of halogens is 3. The molecule has 0 fully saturated rings. The van der Waals surface area contributed by atoms with Crippen molar-refractivity contribution in [1.29, 1.82) is 0 Å². The molecule has 0 aliphatic carbocycles. The average Bonchev–Trinajstić information content (AvgIpc) is 2.50. The molecule has 0 spiro atoms. The van der Waals surface area contributed by atoms with E-state index < -0.39 is 41.9 Å². The van der Waals surface area contributed by atoms with Crippen LogP contribution in [-0.4, -0.2) is 41.8 Å². The number of esters is 1. The fraction of sp³-hybridized carbons (Fsp3) is 0.529. The van der Waals surface area contributed by atoms with Gasteiger partial charge in [-0.05, 0) is 45.4 Å². The Hall–Kier alpha value is -2.49. The number of alkyl halides is 3. The quantitative estimate of drug-likeness (QED) is 0.722. The summed E-state index contributed by atoms with van der Waals surface area (Å²) in [4.78, 5) is 23.9. The molecule has 152 valence electrons. The van der Waals surface area contributed by atoms with Crippen molar-refractivity contribution in [2.75, 3.05) is 6.61 Å². The van der Waals surface area contributed by atoms with E-state index in [0.717, 1.165) is 12.1 Å². The van der Waals surface area contributed by atoms with Crippen molar-refractivity contribution in [3.63, 3.8) is 0 Å². The van der Waals surface area contributed by atoms with Gasteiger partial charge in [-0.3, -0.25) is 0 Å². The Morgan fingerprint density at radius 1 is 1.15 bits per heavy atom. The second-order valence-corrected chi connectivity index (χ2v) is 6.44. The molecule has 10 heteroatoms. The summed E-state index contributed by atoms with van der Waals surface area (Å²) in [6.45, 7) is 6.38. The monoisotopic (exact) mass is 393 g/mol. The lowest BCUT2D eigenvalue weighted by molar-refractivity contribution is -0.274. The molecule has 1 aromatic rings. The number of nitrogens with one attached hydrogen (secondary N) is 1. The summed E-state index contributed by atoms with van der Waals surface area (Å²) in [6, 6.07) is 3.02. The molecule has 0 bridgehead atoms. The zero-order valence-electron chi connectivity index (χ0n) is 15.3. The largest absolute Gasteiger partial charge is 0.573 e. The second kappa shape index (κ2) is 8.94. The predicted octanol–water partition coefficient (Wildman–Crippen LogP) is 3.08. The summed E-state index contributed by atoms with van der Waals surface area (Å²) >= 11 is 0. The Balaban J connectivity index is 3.06. The van der Waals surface area contributed by atoms with Gasteiger partial charge in [0.15, 0.2) is 6.10 Å². The van der Waals surface area contributed by atoms with Gasteiger partial charge in [0.05, 0.1) is 12.6 Å². The van der Waals surface area contributed by atoms with E-state index in [1.807, 2.05) is 0 Å². The minimum absolute atomic E-state index is 0.00654. The van der Waals surface area contributed by atoms with Crippen LogP contribution in [0.4, 0.5) is 18.0 Å². The first-order valence-electron chi connectivity index (χ1n) is 8.02. The molecular formula is C17H22F3NO6. The van der Waals surface area contributed by atoms with Gasteiger partial charge in [0.25, 0.3) is 0 Å². The summed E-state index contributed by atoms with van der Waals surface area (Å²) in [5.74, 6) is -1.50. The first-order chi connectivity index (χ1) is 12.3. The van der Waals surface area contributed by atoms with Crippen LogP contribution in [-0.2, 0) is 14.3 Å². The first kappa shape index (κ1) is 22.6. The van der Waals surface area contributed by atoms with E-state index in [-0.39, 0.29) is 12.2 Å². The van der Waals surface area contributed by atoms with Crippen LogP contribution in [0.25, 0.3) is 0 Å². The second-order valence-electron chi connectivity index (χ2n) is 6.44. The summed E-state index contributed by atoms with van der Waals surface area (Å²) in [5, 5.41) is 12.5. The highest BCUT2D eigenvalue weighted by atomic mass is 19.4. The van der Waals surface area contributed by atoms with E-state index in [1.54, 1.807) is 20.8 Å². The van der Waals surface area contributed by atoms with Crippen LogP contribution in [0.3, 0.4) is 0 Å². The summed E-state index contributed by atoms with van der Waals surface area (Å²) in [7, 11) is 0. The molecule has 1 aromatic carbocycles. The minimum Gasteiger partial charge on any atom is -0.464 e. The van der Waals surface area contributed by atoms with Crippen molar-refractivity contribution in [3.8, 4) is 5.75 Å². The SMILES string of the molecule is CCOC(=O)[C@H](O)[C@@H](NC(=O)OC(C)(C)C)c1ccc(OC(F)(F)F)cc1. The number of rotatable bonds is 6. The zero-order valence-corrected chi connectivity index (χ0v) is 15.3. The molecule has 2 N–H and O–H groups in total. The molecule has 0 aromatic heterocycles. The molecule has 7 nitrogen and oxygen atoms in total. The maximum Gasteiger partial charge on any atom is 0.573 e. The number of benzene rings is 1. The fourth-order valence-electron chi connectivity index (χ4n) is 2.02. The van der Waals surface area contributed by atoms with Gasteiger partial charge < -0.3 is 24.6 Å². The molecule has 0 aliphatic rings. The van der Waals surface area contributed by atoms with Gasteiger partial charge in [0.2, 0.25) is 0 Å². The van der Waals surface area contributed by atoms with E-state index in [9.17, 15) is 27.9 Å². The topological polar surface area (TPSA) is 94.1 Å². The van der Waals surface area contributed by atoms with Gasteiger partial charge in [0.1, 0.15) is 11.4 Å². The number of carbonyl (C=O) groups is 2. The molecule has 2 atom stereocenters. The van der Waals surface area contributed by atoms with E-state index in [0.29, 0.717) is 0 Å². The predicted molar refractivity (Wildman–Crippen MR) is 87.9 cm³/mol. The average molecular weight is 393 g/mol. The summed E-state index contributed by atoms with van der Waals surface area (Å²) in [6.07, 6.45) is -7.58. The number of hydrogen-bond donors (Lipinski definition) is 2. The summed E-state index contributed by atoms with van der Waals surface area (Å²) in [5.41, 5.74) is -0.690. The Labute approximate surface area is 154 Å². The Bertz CT molecular complexity index is 640.